The van der Waals surface area contributed by atoms with Gasteiger partial charge in [-0.1, -0.05) is 5.92 Å². The van der Waals surface area contributed by atoms with Crippen molar-refractivity contribution in [2.45, 2.75) is 25.6 Å². The molecule has 0 unspecified atom stereocenters. The van der Waals surface area contributed by atoms with Crippen LogP contribution in [0.2, 0.25) is 0 Å². The largest absolute Gasteiger partial charge is 0.385 e. The van der Waals surface area contributed by atoms with Gasteiger partial charge in [0.05, 0.1) is 6.10 Å². The molecule has 1 fully saturated rings. The molecule has 1 aliphatic rings. The highest BCUT2D eigenvalue weighted by molar-refractivity contribution is 4.98. The molecule has 0 N–H and O–H groups in total. The van der Waals surface area contributed by atoms with Crippen LogP contribution in [-0.4, -0.2) is 50.5 Å². The number of methoxy groups -OCH3 is 1. The van der Waals surface area contributed by atoms with Crippen molar-refractivity contribution in [3.05, 3.63) is 0 Å². The molecule has 3 nitrogen and oxygen atoms in total. The molecule has 0 aromatic carbocycles. The fourth-order valence-corrected chi connectivity index (χ4v) is 1.75. The average Bonchev–Trinajstić information content (AvgIpc) is 2.17. The second-order valence-electron chi connectivity index (χ2n) is 3.71. The lowest BCUT2D eigenvalue weighted by atomic mass is 10.2. The fourth-order valence-electron chi connectivity index (χ4n) is 1.75. The highest BCUT2D eigenvalue weighted by Crippen LogP contribution is 2.10. The third-order valence-electron chi connectivity index (χ3n) is 2.34. The van der Waals surface area contributed by atoms with Gasteiger partial charge in [-0.2, -0.15) is 0 Å². The molecule has 0 aromatic heterocycles. The van der Waals surface area contributed by atoms with Crippen molar-refractivity contribution in [1.82, 2.24) is 4.90 Å². The van der Waals surface area contributed by atoms with Crippen LogP contribution in [0.3, 0.4) is 0 Å². The lowest BCUT2D eigenvalue weighted by Crippen LogP contribution is -2.46. The summed E-state index contributed by atoms with van der Waals surface area (Å²) in [5.74, 6) is 2.66. The topological polar surface area (TPSA) is 21.7 Å². The van der Waals surface area contributed by atoms with E-state index in [1.165, 1.54) is 0 Å². The molecule has 1 aliphatic heterocycles. The molecular formula is C11H19NO2. The molecule has 3 heteroatoms. The lowest BCUT2D eigenvalue weighted by molar-refractivity contribution is -0.0519. The van der Waals surface area contributed by atoms with Crippen LogP contribution >= 0.6 is 0 Å². The van der Waals surface area contributed by atoms with Gasteiger partial charge in [-0.25, -0.2) is 0 Å². The monoisotopic (exact) mass is 197 g/mol. The van der Waals surface area contributed by atoms with Crippen molar-refractivity contribution in [2.24, 2.45) is 0 Å². The molecule has 0 aromatic rings. The van der Waals surface area contributed by atoms with Gasteiger partial charge in [-0.3, -0.25) is 4.90 Å². The van der Waals surface area contributed by atoms with E-state index in [4.69, 9.17) is 15.9 Å². The maximum atomic E-state index is 5.56. The minimum Gasteiger partial charge on any atom is -0.385 e. The molecule has 14 heavy (non-hydrogen) atoms. The first-order valence-corrected chi connectivity index (χ1v) is 5.09. The minimum atomic E-state index is -0.0405. The second kappa shape index (κ2) is 6.02. The summed E-state index contributed by atoms with van der Waals surface area (Å²) >= 11 is 0. The van der Waals surface area contributed by atoms with Crippen LogP contribution in [-0.2, 0) is 9.47 Å². The van der Waals surface area contributed by atoms with E-state index >= 15 is 0 Å². The van der Waals surface area contributed by atoms with E-state index in [1.807, 2.05) is 0 Å². The molecule has 0 spiro atoms. The molecule has 0 radical (unpaired) electrons. The van der Waals surface area contributed by atoms with E-state index in [9.17, 15) is 0 Å². The molecule has 0 amide bonds. The molecule has 0 bridgehead atoms. The predicted octanol–water partition coefficient (Wildman–Crippen LogP) is 0.745. The van der Waals surface area contributed by atoms with Gasteiger partial charge in [0.15, 0.2) is 0 Å². The Morgan fingerprint density at radius 2 is 2.36 bits per heavy atom. The Bertz CT molecular complexity index is 200. The maximum absolute atomic E-state index is 5.56. The summed E-state index contributed by atoms with van der Waals surface area (Å²) in [6.45, 7) is 5.74. The van der Waals surface area contributed by atoms with E-state index < -0.39 is 0 Å². The number of hydrogen-bond donors (Lipinski definition) is 0. The van der Waals surface area contributed by atoms with Crippen molar-refractivity contribution >= 4 is 0 Å². The molecule has 0 aliphatic carbocycles. The Morgan fingerprint density at radius 3 is 3.00 bits per heavy atom. The van der Waals surface area contributed by atoms with E-state index in [-0.39, 0.29) is 12.2 Å². The summed E-state index contributed by atoms with van der Waals surface area (Å²) in [4.78, 5) is 2.34. The van der Waals surface area contributed by atoms with E-state index in [1.54, 1.807) is 7.11 Å². The summed E-state index contributed by atoms with van der Waals surface area (Å²) in [5.41, 5.74) is 0. The Balaban J connectivity index is 2.27. The summed E-state index contributed by atoms with van der Waals surface area (Å²) in [7, 11) is 1.73. The Labute approximate surface area is 86.4 Å². The Morgan fingerprint density at radius 1 is 1.57 bits per heavy atom. The van der Waals surface area contributed by atoms with Crippen LogP contribution in [0.5, 0.6) is 0 Å². The first-order valence-electron chi connectivity index (χ1n) is 5.09. The van der Waals surface area contributed by atoms with Gasteiger partial charge in [0.25, 0.3) is 0 Å². The standard InChI is InChI=1S/C11H19NO2/c1-4-11-9-12(6-5-7-13-3)8-10(2)14-11/h1,10-11H,5-9H2,2-3H3/t10-,11+/m0/s1. The number of nitrogens with zero attached hydrogens (tertiary/aromatic N) is 1. The molecule has 1 rings (SSSR count). The minimum absolute atomic E-state index is 0.0405. The van der Waals surface area contributed by atoms with Crippen molar-refractivity contribution in [3.63, 3.8) is 0 Å². The van der Waals surface area contributed by atoms with Gasteiger partial charge in [0, 0.05) is 33.4 Å². The molecule has 1 heterocycles. The molecular weight excluding hydrogens is 178 g/mol. The van der Waals surface area contributed by atoms with Gasteiger partial charge < -0.3 is 9.47 Å². The van der Waals surface area contributed by atoms with E-state index in [0.717, 1.165) is 32.7 Å². The van der Waals surface area contributed by atoms with Crippen LogP contribution in [0, 0.1) is 12.3 Å². The van der Waals surface area contributed by atoms with E-state index in [2.05, 4.69) is 17.7 Å². The van der Waals surface area contributed by atoms with Gasteiger partial charge in [-0.05, 0) is 13.3 Å². The van der Waals surface area contributed by atoms with Gasteiger partial charge in [0.1, 0.15) is 6.10 Å². The first kappa shape index (κ1) is 11.5. The number of rotatable bonds is 4. The normalized spacial score (nSPS) is 28.6. The van der Waals surface area contributed by atoms with Crippen LogP contribution in [0.25, 0.3) is 0 Å². The smallest absolute Gasteiger partial charge is 0.130 e. The van der Waals surface area contributed by atoms with Crippen LogP contribution in [0.15, 0.2) is 0 Å². The number of terminal acetylenes is 1. The zero-order valence-electron chi connectivity index (χ0n) is 9.03. The summed E-state index contributed by atoms with van der Waals surface area (Å²) in [6, 6.07) is 0. The van der Waals surface area contributed by atoms with Crippen LogP contribution in [0.4, 0.5) is 0 Å². The molecule has 0 saturated carbocycles. The average molecular weight is 197 g/mol. The summed E-state index contributed by atoms with van der Waals surface area (Å²) in [6.07, 6.45) is 6.61. The van der Waals surface area contributed by atoms with Crippen molar-refractivity contribution in [3.8, 4) is 12.3 Å². The van der Waals surface area contributed by atoms with Gasteiger partial charge >= 0.3 is 0 Å². The maximum Gasteiger partial charge on any atom is 0.130 e. The third-order valence-corrected chi connectivity index (χ3v) is 2.34. The van der Waals surface area contributed by atoms with Crippen molar-refractivity contribution < 1.29 is 9.47 Å². The molecule has 1 saturated heterocycles. The number of morpholine rings is 1. The number of hydrogen-bond acceptors (Lipinski definition) is 3. The fraction of sp³-hybridized carbons (Fsp3) is 0.818. The number of ether oxygens (including phenoxy) is 2. The SMILES string of the molecule is C#C[C@@H]1CN(CCCOC)C[C@H](C)O1. The second-order valence-corrected chi connectivity index (χ2v) is 3.71. The lowest BCUT2D eigenvalue weighted by Gasteiger charge is -2.34. The molecule has 80 valence electrons. The summed E-state index contributed by atoms with van der Waals surface area (Å²) < 4.78 is 10.6. The Kier molecular flexibility index (Phi) is 4.95. The predicted molar refractivity (Wildman–Crippen MR) is 56.1 cm³/mol. The highest BCUT2D eigenvalue weighted by Gasteiger charge is 2.22. The summed E-state index contributed by atoms with van der Waals surface area (Å²) in [5, 5.41) is 0. The zero-order valence-corrected chi connectivity index (χ0v) is 9.03. The Hall–Kier alpha value is -0.560. The first-order chi connectivity index (χ1) is 6.76. The van der Waals surface area contributed by atoms with Crippen molar-refractivity contribution in [1.29, 1.82) is 0 Å². The highest BCUT2D eigenvalue weighted by atomic mass is 16.5. The van der Waals surface area contributed by atoms with Crippen LogP contribution < -0.4 is 0 Å². The molecule has 2 atom stereocenters. The van der Waals surface area contributed by atoms with Crippen LogP contribution in [0.1, 0.15) is 13.3 Å². The van der Waals surface area contributed by atoms with E-state index in [0.29, 0.717) is 0 Å². The third kappa shape index (κ3) is 3.67. The zero-order chi connectivity index (χ0) is 10.4. The van der Waals surface area contributed by atoms with Gasteiger partial charge in [-0.15, -0.1) is 6.42 Å². The van der Waals surface area contributed by atoms with Gasteiger partial charge in [0.2, 0.25) is 0 Å². The quantitative estimate of drug-likeness (QED) is 0.490. The van der Waals surface area contributed by atoms with Crippen molar-refractivity contribution in [2.75, 3.05) is 33.4 Å².